The fraction of sp³-hybridized carbons (Fsp3) is 0.273. The van der Waals surface area contributed by atoms with Crippen LogP contribution >= 0.6 is 0 Å². The molecule has 0 spiro atoms. The summed E-state index contributed by atoms with van der Waals surface area (Å²) in [7, 11) is 2.74. The summed E-state index contributed by atoms with van der Waals surface area (Å²) >= 11 is 0. The van der Waals surface area contributed by atoms with Crippen molar-refractivity contribution in [3.05, 3.63) is 28.8 Å². The average molecular weight is 208 g/mol. The number of aldehydes is 1. The van der Waals surface area contributed by atoms with Crippen molar-refractivity contribution >= 4 is 12.3 Å². The summed E-state index contributed by atoms with van der Waals surface area (Å²) in [6.45, 7) is 1.72. The van der Waals surface area contributed by atoms with Gasteiger partial charge in [-0.1, -0.05) is 0 Å². The molecule has 0 bridgehead atoms. The fourth-order valence-electron chi connectivity index (χ4n) is 1.37. The quantitative estimate of drug-likeness (QED) is 0.559. The second-order valence-corrected chi connectivity index (χ2v) is 3.02. The summed E-state index contributed by atoms with van der Waals surface area (Å²) in [5, 5.41) is 0. The van der Waals surface area contributed by atoms with Gasteiger partial charge in [0.25, 0.3) is 0 Å². The number of carbonyl (C=O) groups excluding carboxylic acids is 2. The smallest absolute Gasteiger partial charge is 0.341 e. The van der Waals surface area contributed by atoms with Crippen molar-refractivity contribution < 1.29 is 19.1 Å². The molecule has 0 fully saturated rings. The van der Waals surface area contributed by atoms with Crippen LogP contribution in [0.2, 0.25) is 0 Å². The fourth-order valence-corrected chi connectivity index (χ4v) is 1.37. The molecule has 0 radical (unpaired) electrons. The number of hydrogen-bond donors (Lipinski definition) is 0. The lowest BCUT2D eigenvalue weighted by Crippen LogP contribution is -2.07. The van der Waals surface area contributed by atoms with Gasteiger partial charge < -0.3 is 9.47 Å². The zero-order valence-electron chi connectivity index (χ0n) is 8.87. The number of methoxy groups -OCH3 is 2. The number of ether oxygens (including phenoxy) is 2. The minimum absolute atomic E-state index is 0.351. The van der Waals surface area contributed by atoms with Gasteiger partial charge in [-0.25, -0.2) is 4.79 Å². The lowest BCUT2D eigenvalue weighted by molar-refractivity contribution is 0.0596. The minimum atomic E-state index is -0.471. The van der Waals surface area contributed by atoms with Crippen LogP contribution in [-0.2, 0) is 4.74 Å². The predicted octanol–water partition coefficient (Wildman–Crippen LogP) is 1.60. The van der Waals surface area contributed by atoms with E-state index in [1.165, 1.54) is 20.3 Å². The van der Waals surface area contributed by atoms with Gasteiger partial charge in [0.15, 0.2) is 0 Å². The Morgan fingerprint density at radius 3 is 2.47 bits per heavy atom. The Balaban J connectivity index is 3.36. The molecular formula is C11H12O4. The number of esters is 1. The van der Waals surface area contributed by atoms with Gasteiger partial charge in [0.2, 0.25) is 0 Å². The van der Waals surface area contributed by atoms with Gasteiger partial charge >= 0.3 is 5.97 Å². The van der Waals surface area contributed by atoms with Crippen LogP contribution in [0, 0.1) is 6.92 Å². The summed E-state index contributed by atoms with van der Waals surface area (Å²) < 4.78 is 9.66. The normalized spacial score (nSPS) is 9.53. The van der Waals surface area contributed by atoms with Gasteiger partial charge in [-0.05, 0) is 24.6 Å². The Bertz CT molecular complexity index is 396. The zero-order valence-corrected chi connectivity index (χ0v) is 8.87. The largest absolute Gasteiger partial charge is 0.496 e. The summed E-state index contributed by atoms with van der Waals surface area (Å²) in [6, 6.07) is 3.12. The molecule has 0 saturated heterocycles. The summed E-state index contributed by atoms with van der Waals surface area (Å²) in [4.78, 5) is 22.0. The Kier molecular flexibility index (Phi) is 3.44. The van der Waals surface area contributed by atoms with Gasteiger partial charge in [-0.2, -0.15) is 0 Å². The Morgan fingerprint density at radius 2 is 2.00 bits per heavy atom. The predicted molar refractivity (Wildman–Crippen MR) is 54.5 cm³/mol. The molecule has 0 aliphatic heterocycles. The van der Waals surface area contributed by atoms with Crippen molar-refractivity contribution in [3.63, 3.8) is 0 Å². The van der Waals surface area contributed by atoms with Crippen molar-refractivity contribution in [2.45, 2.75) is 6.92 Å². The van der Waals surface area contributed by atoms with E-state index >= 15 is 0 Å². The van der Waals surface area contributed by atoms with E-state index in [2.05, 4.69) is 4.74 Å². The molecule has 0 unspecified atom stereocenters. The molecule has 0 atom stereocenters. The summed E-state index contributed by atoms with van der Waals surface area (Å²) in [6.07, 6.45) is 0.705. The second kappa shape index (κ2) is 4.59. The first-order chi connectivity index (χ1) is 7.13. The van der Waals surface area contributed by atoms with E-state index in [4.69, 9.17) is 4.74 Å². The maximum absolute atomic E-state index is 11.4. The van der Waals surface area contributed by atoms with Crippen LogP contribution in [0.4, 0.5) is 0 Å². The van der Waals surface area contributed by atoms with Crippen molar-refractivity contribution in [2.24, 2.45) is 0 Å². The summed E-state index contributed by atoms with van der Waals surface area (Å²) in [5.74, 6) is -0.120. The number of benzene rings is 1. The molecule has 0 amide bonds. The van der Waals surface area contributed by atoms with Crippen LogP contribution in [0.3, 0.4) is 0 Å². The van der Waals surface area contributed by atoms with E-state index < -0.39 is 5.97 Å². The third-order valence-electron chi connectivity index (χ3n) is 2.07. The molecule has 0 N–H and O–H groups in total. The van der Waals surface area contributed by atoms with Crippen molar-refractivity contribution in [1.82, 2.24) is 0 Å². The minimum Gasteiger partial charge on any atom is -0.496 e. The molecule has 0 aliphatic rings. The van der Waals surface area contributed by atoms with Crippen LogP contribution in [0.1, 0.15) is 26.3 Å². The lowest BCUT2D eigenvalue weighted by atomic mass is 10.0. The Labute approximate surface area is 87.8 Å². The maximum Gasteiger partial charge on any atom is 0.341 e. The number of carbonyl (C=O) groups is 2. The van der Waals surface area contributed by atoms with E-state index in [1.54, 1.807) is 13.0 Å². The zero-order chi connectivity index (χ0) is 11.4. The molecule has 1 rings (SSSR count). The van der Waals surface area contributed by atoms with E-state index in [1.807, 2.05) is 0 Å². The van der Waals surface area contributed by atoms with E-state index in [0.717, 1.165) is 0 Å². The van der Waals surface area contributed by atoms with Gasteiger partial charge in [0, 0.05) is 5.56 Å². The third-order valence-corrected chi connectivity index (χ3v) is 2.07. The molecule has 0 saturated carbocycles. The standard InChI is InChI=1S/C11H12O4/c1-7-4-8(6-12)5-9(14-2)10(7)11(13)15-3/h4-6H,1-3H3. The molecule has 1 aromatic rings. The average Bonchev–Trinajstić information content (AvgIpc) is 2.26. The molecular weight excluding hydrogens is 196 g/mol. The highest BCUT2D eigenvalue weighted by Crippen LogP contribution is 2.24. The monoisotopic (exact) mass is 208 g/mol. The highest BCUT2D eigenvalue weighted by Gasteiger charge is 2.16. The number of rotatable bonds is 3. The maximum atomic E-state index is 11.4. The number of aryl methyl sites for hydroxylation is 1. The topological polar surface area (TPSA) is 52.6 Å². The summed E-state index contributed by atoms with van der Waals surface area (Å²) in [5.41, 5.74) is 1.48. The lowest BCUT2D eigenvalue weighted by Gasteiger charge is -2.10. The van der Waals surface area contributed by atoms with Crippen LogP contribution in [0.5, 0.6) is 5.75 Å². The third kappa shape index (κ3) is 2.15. The van der Waals surface area contributed by atoms with E-state index in [-0.39, 0.29) is 0 Å². The molecule has 4 heteroatoms. The Hall–Kier alpha value is -1.84. The van der Waals surface area contributed by atoms with E-state index in [9.17, 15) is 9.59 Å². The molecule has 15 heavy (non-hydrogen) atoms. The van der Waals surface area contributed by atoms with Crippen LogP contribution < -0.4 is 4.74 Å². The first-order valence-corrected chi connectivity index (χ1v) is 4.36. The van der Waals surface area contributed by atoms with Gasteiger partial charge in [-0.3, -0.25) is 4.79 Å². The second-order valence-electron chi connectivity index (χ2n) is 3.02. The van der Waals surface area contributed by atoms with Gasteiger partial charge in [0.05, 0.1) is 14.2 Å². The highest BCUT2D eigenvalue weighted by atomic mass is 16.5. The number of hydrogen-bond acceptors (Lipinski definition) is 4. The van der Waals surface area contributed by atoms with Crippen molar-refractivity contribution in [2.75, 3.05) is 14.2 Å². The highest BCUT2D eigenvalue weighted by molar-refractivity contribution is 5.95. The first kappa shape index (κ1) is 11.2. The van der Waals surface area contributed by atoms with Crippen LogP contribution in [0.25, 0.3) is 0 Å². The molecule has 0 aromatic heterocycles. The SMILES string of the molecule is COC(=O)c1c(C)cc(C=O)cc1OC. The molecule has 0 heterocycles. The molecule has 0 aliphatic carbocycles. The van der Waals surface area contributed by atoms with E-state index in [0.29, 0.717) is 28.7 Å². The van der Waals surface area contributed by atoms with Gasteiger partial charge in [-0.15, -0.1) is 0 Å². The van der Waals surface area contributed by atoms with Crippen molar-refractivity contribution in [3.8, 4) is 5.75 Å². The van der Waals surface area contributed by atoms with Crippen LogP contribution in [-0.4, -0.2) is 26.5 Å². The molecule has 1 aromatic carbocycles. The molecule has 4 nitrogen and oxygen atoms in total. The van der Waals surface area contributed by atoms with Crippen LogP contribution in [0.15, 0.2) is 12.1 Å². The van der Waals surface area contributed by atoms with Crippen molar-refractivity contribution in [1.29, 1.82) is 0 Å². The van der Waals surface area contributed by atoms with Gasteiger partial charge in [0.1, 0.15) is 17.6 Å². The molecule has 80 valence electrons. The Morgan fingerprint density at radius 1 is 1.33 bits per heavy atom. The first-order valence-electron chi connectivity index (χ1n) is 4.36.